The van der Waals surface area contributed by atoms with E-state index in [0.717, 1.165) is 0 Å². The van der Waals surface area contributed by atoms with Crippen molar-refractivity contribution >= 4 is 27.5 Å². The second kappa shape index (κ2) is 6.85. The number of rotatable bonds is 6. The number of carbonyl (C=O) groups is 1. The molecule has 1 rings (SSSR count). The molecule has 0 spiro atoms. The van der Waals surface area contributed by atoms with Crippen molar-refractivity contribution in [1.82, 2.24) is 10.0 Å². The first-order valence-corrected chi connectivity index (χ1v) is 7.51. The van der Waals surface area contributed by atoms with E-state index in [9.17, 15) is 13.2 Å². The van der Waals surface area contributed by atoms with E-state index >= 15 is 0 Å². The van der Waals surface area contributed by atoms with Crippen molar-refractivity contribution < 1.29 is 13.2 Å². The molecule has 0 aliphatic carbocycles. The fraction of sp³-hybridized carbons (Fsp3) is 0.364. The van der Waals surface area contributed by atoms with E-state index in [2.05, 4.69) is 10.0 Å². The molecule has 1 amide bonds. The van der Waals surface area contributed by atoms with Gasteiger partial charge in [0.25, 0.3) is 0 Å². The Morgan fingerprint density at radius 3 is 2.63 bits per heavy atom. The maximum Gasteiger partial charge on any atom is 0.241 e. The van der Waals surface area contributed by atoms with Gasteiger partial charge in [-0.25, -0.2) is 13.1 Å². The predicted molar refractivity (Wildman–Crippen MR) is 73.2 cm³/mol. The molecule has 8 heteroatoms. The van der Waals surface area contributed by atoms with Gasteiger partial charge in [0.2, 0.25) is 15.9 Å². The summed E-state index contributed by atoms with van der Waals surface area (Å²) in [6.07, 6.45) is 0. The van der Waals surface area contributed by atoms with Crippen LogP contribution in [-0.2, 0) is 21.4 Å². The van der Waals surface area contributed by atoms with Crippen LogP contribution >= 0.6 is 11.6 Å². The van der Waals surface area contributed by atoms with Crippen molar-refractivity contribution in [2.24, 2.45) is 5.73 Å². The van der Waals surface area contributed by atoms with E-state index < -0.39 is 15.9 Å². The molecule has 0 radical (unpaired) electrons. The lowest BCUT2D eigenvalue weighted by atomic mass is 10.2. The molecule has 106 valence electrons. The molecule has 0 heterocycles. The first-order chi connectivity index (χ1) is 8.90. The molecule has 1 aromatic carbocycles. The number of nitrogens with two attached hydrogens (primary N) is 1. The maximum atomic E-state index is 11.9. The Bertz CT molecular complexity index is 560. The first-order valence-electron chi connectivity index (χ1n) is 5.65. The van der Waals surface area contributed by atoms with Gasteiger partial charge in [0.05, 0.1) is 11.4 Å². The van der Waals surface area contributed by atoms with Crippen LogP contribution in [0.15, 0.2) is 23.1 Å². The van der Waals surface area contributed by atoms with Crippen LogP contribution in [0.3, 0.4) is 0 Å². The molecule has 4 N–H and O–H groups in total. The van der Waals surface area contributed by atoms with E-state index in [1.54, 1.807) is 13.0 Å². The number of hydrogen-bond donors (Lipinski definition) is 3. The molecule has 0 fully saturated rings. The summed E-state index contributed by atoms with van der Waals surface area (Å²) in [7, 11) is -3.76. The fourth-order valence-electron chi connectivity index (χ4n) is 1.36. The number of carbonyl (C=O) groups excluding carboxylic acids is 1. The molecule has 0 aromatic heterocycles. The summed E-state index contributed by atoms with van der Waals surface area (Å²) in [5.41, 5.74) is 6.10. The Labute approximate surface area is 117 Å². The van der Waals surface area contributed by atoms with Crippen LogP contribution in [0.1, 0.15) is 12.5 Å². The minimum atomic E-state index is -3.76. The zero-order valence-electron chi connectivity index (χ0n) is 10.4. The Morgan fingerprint density at radius 2 is 2.11 bits per heavy atom. The molecule has 1 aromatic rings. The van der Waals surface area contributed by atoms with Crippen molar-refractivity contribution in [2.45, 2.75) is 18.4 Å². The molecule has 0 saturated heterocycles. The standard InChI is InChI=1S/C11H16ClN3O3S/c1-2-14-11(16)7-15-19(17,18)9-4-3-8(6-13)10(12)5-9/h3-5,15H,2,6-7,13H2,1H3,(H,14,16). The quantitative estimate of drug-likeness (QED) is 0.699. The number of likely N-dealkylation sites (N-methyl/N-ethyl adjacent to an activating group) is 1. The average Bonchev–Trinajstić information content (AvgIpc) is 2.37. The van der Waals surface area contributed by atoms with Crippen molar-refractivity contribution in [1.29, 1.82) is 0 Å². The van der Waals surface area contributed by atoms with Crippen molar-refractivity contribution in [3.8, 4) is 0 Å². The topological polar surface area (TPSA) is 101 Å². The highest BCUT2D eigenvalue weighted by atomic mass is 35.5. The van der Waals surface area contributed by atoms with E-state index in [1.807, 2.05) is 0 Å². The summed E-state index contributed by atoms with van der Waals surface area (Å²) in [5, 5.41) is 2.77. The Hall–Kier alpha value is -1.15. The molecule has 0 saturated carbocycles. The summed E-state index contributed by atoms with van der Waals surface area (Å²) in [6, 6.07) is 4.25. The third-order valence-electron chi connectivity index (χ3n) is 2.35. The summed E-state index contributed by atoms with van der Waals surface area (Å²) < 4.78 is 26.0. The lowest BCUT2D eigenvalue weighted by Gasteiger charge is -2.08. The Morgan fingerprint density at radius 1 is 1.42 bits per heavy atom. The zero-order chi connectivity index (χ0) is 14.5. The van der Waals surface area contributed by atoms with Gasteiger partial charge in [0, 0.05) is 18.1 Å². The number of sulfonamides is 1. The number of halogens is 1. The van der Waals surface area contributed by atoms with Crippen molar-refractivity contribution in [3.05, 3.63) is 28.8 Å². The number of nitrogens with one attached hydrogen (secondary N) is 2. The number of benzene rings is 1. The monoisotopic (exact) mass is 305 g/mol. The van der Waals surface area contributed by atoms with E-state index in [0.29, 0.717) is 12.1 Å². The van der Waals surface area contributed by atoms with Crippen LogP contribution in [0.2, 0.25) is 5.02 Å². The average molecular weight is 306 g/mol. The third kappa shape index (κ3) is 4.46. The minimum Gasteiger partial charge on any atom is -0.355 e. The highest BCUT2D eigenvalue weighted by Crippen LogP contribution is 2.20. The van der Waals surface area contributed by atoms with Gasteiger partial charge in [0.15, 0.2) is 0 Å². The third-order valence-corrected chi connectivity index (χ3v) is 4.10. The highest BCUT2D eigenvalue weighted by Gasteiger charge is 2.16. The Balaban J connectivity index is 2.83. The lowest BCUT2D eigenvalue weighted by molar-refractivity contribution is -0.119. The minimum absolute atomic E-state index is 0.000927. The van der Waals surface area contributed by atoms with Gasteiger partial charge in [0.1, 0.15) is 0 Å². The highest BCUT2D eigenvalue weighted by molar-refractivity contribution is 7.89. The second-order valence-electron chi connectivity index (χ2n) is 3.74. The molecule has 0 aliphatic heterocycles. The van der Waals surface area contributed by atoms with Gasteiger partial charge < -0.3 is 11.1 Å². The van der Waals surface area contributed by atoms with Gasteiger partial charge in [-0.3, -0.25) is 4.79 Å². The van der Waals surface area contributed by atoms with Gasteiger partial charge >= 0.3 is 0 Å². The van der Waals surface area contributed by atoms with Crippen molar-refractivity contribution in [3.63, 3.8) is 0 Å². The predicted octanol–water partition coefficient (Wildman–Crippen LogP) is 0.213. The van der Waals surface area contributed by atoms with Gasteiger partial charge in [-0.15, -0.1) is 0 Å². The molecule has 0 bridgehead atoms. The number of hydrogen-bond acceptors (Lipinski definition) is 4. The first kappa shape index (κ1) is 15.9. The van der Waals surface area contributed by atoms with Gasteiger partial charge in [-0.1, -0.05) is 17.7 Å². The molecular weight excluding hydrogens is 290 g/mol. The molecule has 19 heavy (non-hydrogen) atoms. The maximum absolute atomic E-state index is 11.9. The Kier molecular flexibility index (Phi) is 5.74. The van der Waals surface area contributed by atoms with Crippen LogP contribution < -0.4 is 15.8 Å². The van der Waals surface area contributed by atoms with Gasteiger partial charge in [-0.2, -0.15) is 0 Å². The van der Waals surface area contributed by atoms with Crippen LogP contribution in [-0.4, -0.2) is 27.4 Å². The fourth-order valence-corrected chi connectivity index (χ4v) is 2.69. The summed E-state index contributed by atoms with van der Waals surface area (Å²) in [6.45, 7) is 2.10. The van der Waals surface area contributed by atoms with Crippen molar-refractivity contribution in [2.75, 3.05) is 13.1 Å². The number of amides is 1. The van der Waals surface area contributed by atoms with Crippen LogP contribution in [0, 0.1) is 0 Å². The van der Waals surface area contributed by atoms with E-state index in [-0.39, 0.29) is 23.0 Å². The molecular formula is C11H16ClN3O3S. The molecule has 6 nitrogen and oxygen atoms in total. The summed E-state index contributed by atoms with van der Waals surface area (Å²) >= 11 is 5.90. The van der Waals surface area contributed by atoms with Crippen LogP contribution in [0.5, 0.6) is 0 Å². The lowest BCUT2D eigenvalue weighted by Crippen LogP contribution is -2.36. The van der Waals surface area contributed by atoms with E-state index in [1.165, 1.54) is 12.1 Å². The normalized spacial score (nSPS) is 11.3. The zero-order valence-corrected chi connectivity index (χ0v) is 12.0. The SMILES string of the molecule is CCNC(=O)CNS(=O)(=O)c1ccc(CN)c(Cl)c1. The smallest absolute Gasteiger partial charge is 0.241 e. The van der Waals surface area contributed by atoms with Crippen LogP contribution in [0.25, 0.3) is 0 Å². The summed E-state index contributed by atoms with van der Waals surface area (Å²) in [4.78, 5) is 11.2. The largest absolute Gasteiger partial charge is 0.355 e. The molecule has 0 atom stereocenters. The van der Waals surface area contributed by atoms with Gasteiger partial charge in [-0.05, 0) is 24.6 Å². The second-order valence-corrected chi connectivity index (χ2v) is 5.91. The van der Waals surface area contributed by atoms with Crippen LogP contribution in [0.4, 0.5) is 0 Å². The molecule has 0 unspecified atom stereocenters. The molecule has 0 aliphatic rings. The van der Waals surface area contributed by atoms with E-state index in [4.69, 9.17) is 17.3 Å². The summed E-state index contributed by atoms with van der Waals surface area (Å²) in [5.74, 6) is -0.393.